The van der Waals surface area contributed by atoms with Crippen LogP contribution < -0.4 is 9.47 Å². The van der Waals surface area contributed by atoms with Gasteiger partial charge in [-0.25, -0.2) is 9.97 Å². The molecule has 250 valence electrons. The Balaban J connectivity index is 1.12. The number of aromatic nitrogens is 2. The number of hydrogen-bond acceptors (Lipinski definition) is 7. The van der Waals surface area contributed by atoms with E-state index in [-0.39, 0.29) is 0 Å². The number of rotatable bonds is 9. The molecule has 2 saturated heterocycles. The van der Waals surface area contributed by atoms with Crippen LogP contribution in [-0.2, 0) is 17.6 Å². The number of ether oxygens (including phenoxy) is 3. The topological polar surface area (TPSA) is 60.0 Å². The molecule has 2 aliphatic carbocycles. The maximum absolute atomic E-state index is 7.25. The lowest BCUT2D eigenvalue weighted by Gasteiger charge is -2.43. The predicted molar refractivity (Wildman–Crippen MR) is 191 cm³/mol. The van der Waals surface area contributed by atoms with Crippen LogP contribution in [0.3, 0.4) is 0 Å². The van der Waals surface area contributed by atoms with Crippen LogP contribution in [0.15, 0.2) is 48.5 Å². The quantitative estimate of drug-likeness (QED) is 0.175. The Morgan fingerprint density at radius 3 is 1.58 bits per heavy atom. The van der Waals surface area contributed by atoms with Crippen LogP contribution in [0, 0.1) is 5.92 Å². The smallest absolute Gasteiger partial charge is 0.218 e. The molecular formula is C39H42Cl2N4O3. The number of pyridine rings is 2. The average molecular weight is 686 g/mol. The first kappa shape index (κ1) is 32.0. The molecule has 0 bridgehead atoms. The monoisotopic (exact) mass is 684 g/mol. The maximum atomic E-state index is 7.25. The molecule has 0 radical (unpaired) electrons. The highest BCUT2D eigenvalue weighted by Gasteiger charge is 2.40. The predicted octanol–water partition coefficient (Wildman–Crippen LogP) is 8.45. The van der Waals surface area contributed by atoms with Gasteiger partial charge in [0.25, 0.3) is 0 Å². The van der Waals surface area contributed by atoms with Crippen molar-refractivity contribution in [2.45, 2.75) is 57.2 Å². The Morgan fingerprint density at radius 1 is 0.688 bits per heavy atom. The van der Waals surface area contributed by atoms with Crippen molar-refractivity contribution in [2.24, 2.45) is 5.92 Å². The van der Waals surface area contributed by atoms with Crippen molar-refractivity contribution in [3.05, 3.63) is 80.8 Å². The third kappa shape index (κ3) is 5.30. The summed E-state index contributed by atoms with van der Waals surface area (Å²) in [6.07, 6.45) is 5.66. The van der Waals surface area contributed by atoms with Crippen LogP contribution >= 0.6 is 23.2 Å². The molecule has 48 heavy (non-hydrogen) atoms. The van der Waals surface area contributed by atoms with Crippen LogP contribution in [0.1, 0.15) is 60.5 Å². The molecule has 2 atom stereocenters. The normalized spacial score (nSPS) is 21.1. The van der Waals surface area contributed by atoms with Crippen molar-refractivity contribution in [1.29, 1.82) is 0 Å². The molecule has 7 nitrogen and oxygen atoms in total. The molecule has 2 aromatic heterocycles. The molecule has 4 aliphatic rings. The fourth-order valence-electron chi connectivity index (χ4n) is 8.35. The van der Waals surface area contributed by atoms with Gasteiger partial charge in [0.2, 0.25) is 11.8 Å². The Hall–Kier alpha value is -3.20. The zero-order chi connectivity index (χ0) is 33.1. The number of fused-ring (bicyclic) bond motifs is 2. The van der Waals surface area contributed by atoms with E-state index in [1.165, 1.54) is 28.7 Å². The van der Waals surface area contributed by atoms with Crippen LogP contribution in [0.4, 0.5) is 0 Å². The van der Waals surface area contributed by atoms with Gasteiger partial charge in [-0.3, -0.25) is 9.80 Å². The van der Waals surface area contributed by atoms with E-state index in [1.54, 1.807) is 21.3 Å². The second kappa shape index (κ2) is 12.9. The summed E-state index contributed by atoms with van der Waals surface area (Å²) in [5, 5.41) is 1.22. The van der Waals surface area contributed by atoms with E-state index in [0.29, 0.717) is 40.0 Å². The van der Waals surface area contributed by atoms with Gasteiger partial charge in [0.1, 0.15) is 0 Å². The van der Waals surface area contributed by atoms with Crippen molar-refractivity contribution in [3.8, 4) is 45.4 Å². The summed E-state index contributed by atoms with van der Waals surface area (Å²) in [6, 6.07) is 17.2. The molecule has 4 heterocycles. The second-order valence-electron chi connectivity index (χ2n) is 13.7. The molecule has 2 aliphatic heterocycles. The summed E-state index contributed by atoms with van der Waals surface area (Å²) in [5.41, 5.74) is 10.0. The van der Waals surface area contributed by atoms with Crippen LogP contribution in [0.25, 0.3) is 33.6 Å². The number of halogens is 2. The molecule has 0 amide bonds. The lowest BCUT2D eigenvalue weighted by Crippen LogP contribution is -2.52. The minimum Gasteiger partial charge on any atom is -0.481 e. The summed E-state index contributed by atoms with van der Waals surface area (Å²) in [7, 11) is 5.21. The summed E-state index contributed by atoms with van der Waals surface area (Å²) in [4.78, 5) is 15.1. The standard InChI is InChI=1S/C39H42Cl2N4O3/c1-5-22-18-44(19-22)32-14-12-23-16-30(42-38(47-3)34(23)32)28-10-6-8-26(36(28)40)27-9-7-11-29(37(27)41)31-17-24-13-15-33(35(24)39(43-31)48-4)45-20-25(21-45)46-2/h6-11,16-17,22,25,32-33H,5,12-15,18-21H2,1-4H3/t32-,33-/m0/s1. The molecule has 2 fully saturated rings. The Morgan fingerprint density at radius 2 is 1.15 bits per heavy atom. The average Bonchev–Trinajstić information content (AvgIpc) is 3.68. The fraction of sp³-hybridized carbons (Fsp3) is 0.436. The SMILES string of the molecule is CCC1CN([C@H]2CCc3cc(-c4cccc(-c5cccc(-c6cc7c(c(OC)n6)[C@@H](N6CC(OC)C6)CC7)c5Cl)c4Cl)nc(OC)c32)C1. The third-order valence-electron chi connectivity index (χ3n) is 11.1. The Labute approximate surface area is 293 Å². The molecule has 0 saturated carbocycles. The van der Waals surface area contributed by atoms with Crippen LogP contribution in [0.2, 0.25) is 10.0 Å². The summed E-state index contributed by atoms with van der Waals surface area (Å²) >= 11 is 14.5. The number of benzene rings is 2. The summed E-state index contributed by atoms with van der Waals surface area (Å²) in [6.45, 7) is 6.46. The van der Waals surface area contributed by atoms with E-state index in [1.807, 2.05) is 36.4 Å². The van der Waals surface area contributed by atoms with Gasteiger partial charge in [-0.1, -0.05) is 72.9 Å². The number of hydrogen-bond donors (Lipinski definition) is 0. The van der Waals surface area contributed by atoms with Crippen molar-refractivity contribution in [1.82, 2.24) is 19.8 Å². The van der Waals surface area contributed by atoms with E-state index in [2.05, 4.69) is 28.9 Å². The molecule has 0 spiro atoms. The Kier molecular flexibility index (Phi) is 8.62. The molecule has 0 N–H and O–H groups in total. The van der Waals surface area contributed by atoms with Crippen molar-refractivity contribution in [2.75, 3.05) is 47.5 Å². The number of aryl methyl sites for hydroxylation is 2. The first-order valence-corrected chi connectivity index (χ1v) is 17.9. The van der Waals surface area contributed by atoms with Gasteiger partial charge in [0, 0.05) is 78.8 Å². The minimum absolute atomic E-state index is 0.299. The summed E-state index contributed by atoms with van der Waals surface area (Å²) < 4.78 is 17.3. The third-order valence-corrected chi connectivity index (χ3v) is 12.0. The van der Waals surface area contributed by atoms with Gasteiger partial charge in [0.05, 0.1) is 41.8 Å². The fourth-order valence-corrected chi connectivity index (χ4v) is 9.00. The molecular weight excluding hydrogens is 643 g/mol. The number of likely N-dealkylation sites (tertiary alicyclic amines) is 2. The Bertz CT molecular complexity index is 1740. The van der Waals surface area contributed by atoms with Gasteiger partial charge in [-0.2, -0.15) is 0 Å². The summed E-state index contributed by atoms with van der Waals surface area (Å²) in [5.74, 6) is 2.18. The lowest BCUT2D eigenvalue weighted by molar-refractivity contribution is -0.0514. The molecule has 2 aromatic carbocycles. The van der Waals surface area contributed by atoms with Crippen molar-refractivity contribution < 1.29 is 14.2 Å². The zero-order valence-corrected chi connectivity index (χ0v) is 29.6. The van der Waals surface area contributed by atoms with E-state index in [0.717, 1.165) is 91.4 Å². The zero-order valence-electron chi connectivity index (χ0n) is 28.1. The van der Waals surface area contributed by atoms with Crippen molar-refractivity contribution in [3.63, 3.8) is 0 Å². The van der Waals surface area contributed by atoms with Gasteiger partial charge in [0.15, 0.2) is 0 Å². The lowest BCUT2D eigenvalue weighted by atomic mass is 9.93. The first-order chi connectivity index (χ1) is 23.4. The maximum Gasteiger partial charge on any atom is 0.218 e. The largest absolute Gasteiger partial charge is 0.481 e. The number of methoxy groups -OCH3 is 3. The molecule has 8 rings (SSSR count). The highest BCUT2D eigenvalue weighted by molar-refractivity contribution is 6.39. The molecule has 4 aromatic rings. The van der Waals surface area contributed by atoms with Crippen LogP contribution in [-0.4, -0.2) is 73.4 Å². The van der Waals surface area contributed by atoms with E-state index >= 15 is 0 Å². The van der Waals surface area contributed by atoms with E-state index in [9.17, 15) is 0 Å². The molecule has 9 heteroatoms. The number of nitrogens with zero attached hydrogens (tertiary/aromatic N) is 4. The minimum atomic E-state index is 0.299. The van der Waals surface area contributed by atoms with E-state index < -0.39 is 0 Å². The van der Waals surface area contributed by atoms with Crippen LogP contribution in [0.5, 0.6) is 11.8 Å². The van der Waals surface area contributed by atoms with Crippen molar-refractivity contribution >= 4 is 23.2 Å². The highest BCUT2D eigenvalue weighted by atomic mass is 35.5. The van der Waals surface area contributed by atoms with E-state index in [4.69, 9.17) is 47.4 Å². The highest BCUT2D eigenvalue weighted by Crippen LogP contribution is 2.48. The van der Waals surface area contributed by atoms with Gasteiger partial charge >= 0.3 is 0 Å². The van der Waals surface area contributed by atoms with Gasteiger partial charge in [-0.05, 0) is 54.9 Å². The molecule has 0 unspecified atom stereocenters. The first-order valence-electron chi connectivity index (χ1n) is 17.2. The second-order valence-corrected chi connectivity index (χ2v) is 14.4. The van der Waals surface area contributed by atoms with Gasteiger partial charge < -0.3 is 14.2 Å². The van der Waals surface area contributed by atoms with Gasteiger partial charge in [-0.15, -0.1) is 0 Å².